The smallest absolute Gasteiger partial charge is 0.336 e. The zero-order valence-electron chi connectivity index (χ0n) is 81.6. The second kappa shape index (κ2) is 45.1. The lowest BCUT2D eigenvalue weighted by Gasteiger charge is -2.21. The van der Waals surface area contributed by atoms with Gasteiger partial charge in [0.1, 0.15) is 16.7 Å². The average molecular weight is 1930 g/mol. The number of aromatic nitrogens is 1. The summed E-state index contributed by atoms with van der Waals surface area (Å²) in [4.78, 5) is 117. The highest BCUT2D eigenvalue weighted by atomic mass is 32.1. The summed E-state index contributed by atoms with van der Waals surface area (Å²) < 4.78 is 43.3. The normalized spacial score (nSPS) is 11.4. The largest absolute Gasteiger partial charge is 0.456 e. The van der Waals surface area contributed by atoms with Gasteiger partial charge in [-0.05, 0) is 231 Å². The molecule has 0 N–H and O–H groups in total. The number of anilines is 1. The van der Waals surface area contributed by atoms with Crippen LogP contribution in [0.2, 0.25) is 0 Å². The molecule has 0 amide bonds. The van der Waals surface area contributed by atoms with Gasteiger partial charge in [0.25, 0.3) is 0 Å². The van der Waals surface area contributed by atoms with E-state index in [2.05, 4.69) is 93.5 Å². The van der Waals surface area contributed by atoms with Crippen LogP contribution in [-0.4, -0.2) is 45.5 Å². The summed E-state index contributed by atoms with van der Waals surface area (Å²) in [6, 6.07) is 111. The molecule has 0 saturated heterocycles. The Balaban J connectivity index is 0.000000126. The van der Waals surface area contributed by atoms with E-state index >= 15 is 0 Å². The predicted molar refractivity (Wildman–Crippen MR) is 587 cm³/mol. The van der Waals surface area contributed by atoms with Crippen molar-refractivity contribution in [3.05, 3.63) is 500 Å². The summed E-state index contributed by atoms with van der Waals surface area (Å²) in [5, 5.41) is 8.59. The summed E-state index contributed by atoms with van der Waals surface area (Å²) in [6.07, 6.45) is 4.66. The summed E-state index contributed by atoms with van der Waals surface area (Å²) in [5.74, 6) is 0.155. The number of rotatable bonds is 17. The zero-order chi connectivity index (χ0) is 101. The molecule has 0 bridgehead atoms. The van der Waals surface area contributed by atoms with Crippen LogP contribution in [0.1, 0.15) is 160 Å². The molecule has 20 aromatic rings. The molecule has 142 heavy (non-hydrogen) atoms. The van der Waals surface area contributed by atoms with E-state index in [-0.39, 0.29) is 49.4 Å². The number of nitrogens with zero attached hydrogens (tertiary/aromatic N) is 2. The maximum atomic E-state index is 14.3. The molecule has 4 aromatic heterocycles. The Morgan fingerprint density at radius 3 is 1.39 bits per heavy atom. The van der Waals surface area contributed by atoms with Crippen molar-refractivity contribution in [2.45, 2.75) is 108 Å². The van der Waals surface area contributed by atoms with Crippen molar-refractivity contribution in [1.29, 1.82) is 0 Å². The molecular weight excluding hydrogens is 1820 g/mol. The van der Waals surface area contributed by atoms with Crippen LogP contribution >= 0.6 is 25.6 Å². The Kier molecular flexibility index (Phi) is 32.1. The predicted octanol–water partition coefficient (Wildman–Crippen LogP) is 28.2. The van der Waals surface area contributed by atoms with Crippen molar-refractivity contribution < 1.29 is 41.9 Å². The fourth-order valence-corrected chi connectivity index (χ4v) is 24.3. The van der Waals surface area contributed by atoms with Gasteiger partial charge >= 0.3 is 5.63 Å². The Hall–Kier alpha value is -15.6. The van der Waals surface area contributed by atoms with Gasteiger partial charge in [0.2, 0.25) is 41.8 Å². The van der Waals surface area contributed by atoms with Crippen LogP contribution in [0.25, 0.3) is 85.7 Å². The van der Waals surface area contributed by atoms with Gasteiger partial charge < -0.3 is 27.4 Å². The van der Waals surface area contributed by atoms with Gasteiger partial charge in [-0.3, -0.25) is 38.4 Å². The summed E-state index contributed by atoms with van der Waals surface area (Å²) in [7, 11) is -6.05. The van der Waals surface area contributed by atoms with Gasteiger partial charge in [-0.25, -0.2) is 4.79 Å². The third-order valence-corrected chi connectivity index (χ3v) is 32.6. The summed E-state index contributed by atoms with van der Waals surface area (Å²) in [6.45, 7) is 23.7. The number of hydrogen-bond donors (Lipinski definition) is 0. The molecule has 0 radical (unpaired) electrons. The number of fused-ring (bicyclic) bond motifs is 11. The first-order chi connectivity index (χ1) is 68.7. The Labute approximate surface area is 829 Å². The number of para-hydroxylation sites is 2. The third kappa shape index (κ3) is 21.1. The van der Waals surface area contributed by atoms with Gasteiger partial charge in [0.15, 0.2) is 16.6 Å². The highest BCUT2D eigenvalue weighted by Gasteiger charge is 2.45. The SMILES string of the molecule is CCN(CC)c1ccc2c(C)cc(=O)oc2c1.CCc1cc(CC)c2sc3ccccc3c(=O)c2c1.CCc1ccc2c(c1)c(=O)c1ccccc1n2C.CCc1ccc2oc3ccccc3c(=O)c2c1.Cc1cccc(C)c1C(=O)P(=O)(C(=O)c1c(C)cccc1C)c1ccccc1.O=C(c1ccccc1)P(=O)(C(=O)c1ccccc1)c1ccccc1.O=C1c2ccccc2Cc2c1ccc1ccccc21. The lowest BCUT2D eigenvalue weighted by Crippen LogP contribution is -2.22. The van der Waals surface area contributed by atoms with Crippen LogP contribution in [0.3, 0.4) is 0 Å². The first kappa shape index (κ1) is 101. The minimum Gasteiger partial charge on any atom is -0.456 e. The maximum absolute atomic E-state index is 14.3. The van der Waals surface area contributed by atoms with Crippen LogP contribution in [0, 0.1) is 34.6 Å². The molecule has 21 rings (SSSR count). The maximum Gasteiger partial charge on any atom is 0.336 e. The van der Waals surface area contributed by atoms with Crippen LogP contribution < -0.4 is 37.4 Å². The zero-order valence-corrected chi connectivity index (χ0v) is 84.2. The molecule has 0 fully saturated rings. The van der Waals surface area contributed by atoms with E-state index in [4.69, 9.17) is 8.83 Å². The van der Waals surface area contributed by atoms with Crippen molar-refractivity contribution in [1.82, 2.24) is 4.57 Å². The first-order valence-electron chi connectivity index (χ1n) is 47.8. The van der Waals surface area contributed by atoms with Crippen molar-refractivity contribution in [3.63, 3.8) is 0 Å². The van der Waals surface area contributed by atoms with E-state index < -0.39 is 36.4 Å². The Morgan fingerprint density at radius 2 is 0.810 bits per heavy atom. The van der Waals surface area contributed by atoms with Crippen molar-refractivity contribution in [3.8, 4) is 0 Å². The van der Waals surface area contributed by atoms with Gasteiger partial charge in [-0.15, -0.1) is 11.3 Å². The highest BCUT2D eigenvalue weighted by Crippen LogP contribution is 2.54. The fraction of sp³-hybridized carbons (Fsp3) is 0.153. The molecule has 1 aliphatic rings. The van der Waals surface area contributed by atoms with E-state index in [1.165, 1.54) is 39.1 Å². The number of benzene rings is 16. The van der Waals surface area contributed by atoms with E-state index in [1.54, 1.807) is 191 Å². The van der Waals surface area contributed by atoms with E-state index in [0.29, 0.717) is 38.6 Å². The van der Waals surface area contributed by atoms with Gasteiger partial charge in [0, 0.05) is 118 Å². The monoisotopic (exact) mass is 1930 g/mol. The standard InChI is InChI=1S/C24H23O3P.C20H15O3P.C18H12O.C17H16OS.C16H15NO.C15H12O2.C14H17NO2/c1-16-10-8-11-17(2)21(16)23(25)28(27,20-14-6-5-7-15-20)24(26)22-18(3)12-9-13-19(22)4;21-19(16-10-4-1-5-11-16)24(23,18-14-8-3-9-15-18)20(22)17-12-6-2-7-13-17;19-18-15-8-4-2-6-13(15)11-17-14-7-3-1-5-12(14)9-10-16(17)18;1-3-11-9-12(4-2)17-14(10-11)16(18)13-7-5-6-8-15(13)19-17;1-3-11-8-9-15-13(10-11)16(18)12-6-4-5-7-14(12)17(15)2;1-2-10-7-8-14-12(9-10)15(16)11-5-3-4-6-13(11)17-14;1-4-15(5-2)11-6-7-12-10(3)8-14(16)17-13(12)9-11/h5-15H,1-4H3;1-15H;1-10H,11H2;5-10H,3-4H2,1-2H3;4-10H,3H2,1-2H3;3-9H,2H2,1H3;6-9H,4-5H2,1-3H3. The minimum atomic E-state index is -4.08. The Bertz CT molecular complexity index is 8420. The average Bonchev–Trinajstić information content (AvgIpc) is 0.739. The lowest BCUT2D eigenvalue weighted by molar-refractivity contribution is 0.102. The fourth-order valence-electron chi connectivity index (χ4n) is 18.2. The van der Waals surface area contributed by atoms with Crippen molar-refractivity contribution in [2.24, 2.45) is 7.05 Å². The molecule has 0 spiro atoms. The van der Waals surface area contributed by atoms with E-state index in [9.17, 15) is 52.3 Å². The third-order valence-electron chi connectivity index (χ3n) is 26.0. The second-order valence-electron chi connectivity index (χ2n) is 34.9. The van der Waals surface area contributed by atoms with Crippen LogP contribution in [0.15, 0.2) is 392 Å². The van der Waals surface area contributed by atoms with Crippen LogP contribution in [0.5, 0.6) is 0 Å². The molecule has 0 unspecified atom stereocenters. The molecule has 0 saturated carbocycles. The number of ketones is 1. The van der Waals surface area contributed by atoms with Gasteiger partial charge in [-0.2, -0.15) is 0 Å². The number of carbonyl (C=O) groups excluding carboxylic acids is 5. The topological polar surface area (TPSA) is 222 Å². The highest BCUT2D eigenvalue weighted by molar-refractivity contribution is 8.01. The molecule has 18 heteroatoms. The molecule has 4 heterocycles. The summed E-state index contributed by atoms with van der Waals surface area (Å²) >= 11 is 1.74. The van der Waals surface area contributed by atoms with E-state index in [1.807, 2.05) is 178 Å². The van der Waals surface area contributed by atoms with Crippen LogP contribution in [0.4, 0.5) is 5.69 Å². The first-order valence-corrected chi connectivity index (χ1v) is 52.0. The van der Waals surface area contributed by atoms with E-state index in [0.717, 1.165) is 148 Å². The quantitative estimate of drug-likeness (QED) is 0.0470. The van der Waals surface area contributed by atoms with Crippen molar-refractivity contribution >= 4 is 155 Å². The Morgan fingerprint density at radius 1 is 0.345 bits per heavy atom. The second-order valence-corrected chi connectivity index (χ2v) is 41.1. The molecule has 16 aromatic carbocycles. The molecule has 1 aliphatic carbocycles. The molecular formula is C124H110N2O13P2S. The van der Waals surface area contributed by atoms with Crippen molar-refractivity contribution in [2.75, 3.05) is 18.0 Å². The minimum absolute atomic E-state index is 0.0529. The molecule has 0 aliphatic heterocycles. The van der Waals surface area contributed by atoms with Gasteiger partial charge in [0.05, 0.1) is 21.8 Å². The molecule has 0 atom stereocenters. The van der Waals surface area contributed by atoms with Gasteiger partial charge in [-0.1, -0.05) is 301 Å². The molecule has 710 valence electrons. The summed E-state index contributed by atoms with van der Waals surface area (Å²) in [5.41, 5.74) is 16.7. The number of hydrogen-bond acceptors (Lipinski definition) is 15. The number of aryl methyl sites for hydroxylation is 10. The lowest BCUT2D eigenvalue weighted by atomic mass is 9.83. The van der Waals surface area contributed by atoms with Crippen LogP contribution in [-0.2, 0) is 48.3 Å². The number of pyridine rings is 1. The molecule has 15 nitrogen and oxygen atoms in total. The number of carbonyl (C=O) groups is 5.